The Morgan fingerprint density at radius 2 is 1.90 bits per heavy atom. The summed E-state index contributed by atoms with van der Waals surface area (Å²) in [5.41, 5.74) is 3.77. The highest BCUT2D eigenvalue weighted by atomic mass is 32.1. The van der Waals surface area contributed by atoms with E-state index in [1.807, 2.05) is 61.7 Å². The third-order valence-electron chi connectivity index (χ3n) is 4.54. The second-order valence-corrected chi connectivity index (χ2v) is 7.61. The predicted octanol–water partition coefficient (Wildman–Crippen LogP) is 4.30. The van der Waals surface area contributed by atoms with Gasteiger partial charge in [0.25, 0.3) is 11.5 Å². The van der Waals surface area contributed by atoms with Gasteiger partial charge in [0.05, 0.1) is 12.8 Å². The number of carbonyl (C=O) groups is 1. The number of rotatable bonds is 4. The molecule has 146 valence electrons. The maximum atomic E-state index is 13.1. The highest BCUT2D eigenvalue weighted by Crippen LogP contribution is 2.27. The van der Waals surface area contributed by atoms with E-state index in [1.165, 1.54) is 21.9 Å². The van der Waals surface area contributed by atoms with Crippen LogP contribution >= 0.6 is 11.3 Å². The minimum absolute atomic E-state index is 0.01000. The number of amides is 1. The van der Waals surface area contributed by atoms with Gasteiger partial charge in [-0.3, -0.25) is 14.0 Å². The summed E-state index contributed by atoms with van der Waals surface area (Å²) in [4.78, 5) is 30.8. The van der Waals surface area contributed by atoms with Gasteiger partial charge in [-0.1, -0.05) is 18.2 Å². The summed E-state index contributed by atoms with van der Waals surface area (Å²) >= 11 is 1.34. The summed E-state index contributed by atoms with van der Waals surface area (Å²) in [6, 6.07) is 13.2. The quantitative estimate of drug-likeness (QED) is 0.549. The lowest BCUT2D eigenvalue weighted by Gasteiger charge is -2.08. The smallest absolute Gasteiger partial charge is 0.271 e. The van der Waals surface area contributed by atoms with Crippen molar-refractivity contribution in [2.75, 3.05) is 12.4 Å². The average molecular weight is 405 g/mol. The molecule has 0 radical (unpaired) electrons. The Morgan fingerprint density at radius 3 is 2.62 bits per heavy atom. The van der Waals surface area contributed by atoms with Crippen molar-refractivity contribution in [2.24, 2.45) is 0 Å². The van der Waals surface area contributed by atoms with Gasteiger partial charge in [0.1, 0.15) is 11.3 Å². The SMILES string of the molecule is COc1cccc(-c2csc3ncc(C(=O)Nc4cc(C)cc(C)c4)c(=O)n23)c1. The maximum Gasteiger partial charge on any atom is 0.271 e. The van der Waals surface area contributed by atoms with Crippen molar-refractivity contribution < 1.29 is 9.53 Å². The van der Waals surface area contributed by atoms with Crippen LogP contribution in [0.1, 0.15) is 21.5 Å². The Kier molecular flexibility index (Phi) is 4.90. The standard InChI is InChI=1S/C22H19N3O3S/c1-13-7-14(2)9-16(8-13)24-20(26)18-11-23-22-25(21(18)27)19(12-29-22)15-5-4-6-17(10-15)28-3/h4-12H,1-3H3,(H,24,26). The summed E-state index contributed by atoms with van der Waals surface area (Å²) in [5, 5.41) is 4.66. The Balaban J connectivity index is 1.77. The minimum atomic E-state index is -0.482. The van der Waals surface area contributed by atoms with Gasteiger partial charge >= 0.3 is 0 Å². The molecular formula is C22H19N3O3S. The minimum Gasteiger partial charge on any atom is -0.497 e. The van der Waals surface area contributed by atoms with Crippen LogP contribution in [0.5, 0.6) is 5.75 Å². The van der Waals surface area contributed by atoms with Crippen molar-refractivity contribution >= 4 is 27.9 Å². The highest BCUT2D eigenvalue weighted by Gasteiger charge is 2.17. The third kappa shape index (κ3) is 3.64. The zero-order valence-electron chi connectivity index (χ0n) is 16.2. The second-order valence-electron chi connectivity index (χ2n) is 6.78. The van der Waals surface area contributed by atoms with E-state index in [4.69, 9.17) is 4.74 Å². The van der Waals surface area contributed by atoms with Crippen molar-refractivity contribution in [3.05, 3.63) is 81.1 Å². The molecule has 0 saturated carbocycles. The van der Waals surface area contributed by atoms with Crippen LogP contribution in [0.25, 0.3) is 16.2 Å². The molecule has 0 saturated heterocycles. The Morgan fingerprint density at radius 1 is 1.14 bits per heavy atom. The first-order valence-corrected chi connectivity index (χ1v) is 9.87. The molecule has 0 aliphatic rings. The van der Waals surface area contributed by atoms with Crippen LogP contribution in [0.15, 0.2) is 58.8 Å². The lowest BCUT2D eigenvalue weighted by molar-refractivity contribution is 0.102. The molecule has 2 aromatic carbocycles. The molecule has 0 aliphatic heterocycles. The first-order chi connectivity index (χ1) is 14.0. The van der Waals surface area contributed by atoms with E-state index in [1.54, 1.807) is 7.11 Å². The number of aryl methyl sites for hydroxylation is 2. The average Bonchev–Trinajstić information content (AvgIpc) is 3.12. The fraction of sp³-hybridized carbons (Fsp3) is 0.136. The molecule has 29 heavy (non-hydrogen) atoms. The molecule has 0 bridgehead atoms. The number of hydrogen-bond donors (Lipinski definition) is 1. The molecule has 2 aromatic heterocycles. The van der Waals surface area contributed by atoms with Gasteiger partial charge in [-0.05, 0) is 49.2 Å². The normalized spacial score (nSPS) is 10.9. The number of benzene rings is 2. The van der Waals surface area contributed by atoms with Crippen LogP contribution < -0.4 is 15.6 Å². The van der Waals surface area contributed by atoms with E-state index in [9.17, 15) is 9.59 Å². The molecule has 0 atom stereocenters. The van der Waals surface area contributed by atoms with Gasteiger partial charge in [-0.15, -0.1) is 11.3 Å². The Bertz CT molecular complexity index is 1270. The molecule has 0 fully saturated rings. The first-order valence-electron chi connectivity index (χ1n) is 8.99. The van der Waals surface area contributed by atoms with E-state index in [0.29, 0.717) is 22.1 Å². The number of anilines is 1. The topological polar surface area (TPSA) is 72.7 Å². The number of carbonyl (C=O) groups excluding carboxylic acids is 1. The molecule has 4 aromatic rings. The van der Waals surface area contributed by atoms with Crippen LogP contribution in [0, 0.1) is 13.8 Å². The lowest BCUT2D eigenvalue weighted by Crippen LogP contribution is -2.26. The van der Waals surface area contributed by atoms with Gasteiger partial charge < -0.3 is 10.1 Å². The number of fused-ring (bicyclic) bond motifs is 1. The van der Waals surface area contributed by atoms with Crippen molar-refractivity contribution in [1.82, 2.24) is 9.38 Å². The van der Waals surface area contributed by atoms with Crippen molar-refractivity contribution in [3.63, 3.8) is 0 Å². The number of methoxy groups -OCH3 is 1. The summed E-state index contributed by atoms with van der Waals surface area (Å²) in [5.74, 6) is 0.205. The number of ether oxygens (including phenoxy) is 1. The first kappa shape index (κ1) is 18.9. The summed E-state index contributed by atoms with van der Waals surface area (Å²) < 4.78 is 6.75. The summed E-state index contributed by atoms with van der Waals surface area (Å²) in [7, 11) is 1.59. The Labute approximate surface area is 171 Å². The van der Waals surface area contributed by atoms with Crippen LogP contribution in [0.2, 0.25) is 0 Å². The number of thiazole rings is 1. The van der Waals surface area contributed by atoms with E-state index < -0.39 is 11.5 Å². The van der Waals surface area contributed by atoms with Crippen molar-refractivity contribution in [2.45, 2.75) is 13.8 Å². The van der Waals surface area contributed by atoms with Crippen LogP contribution in [0.3, 0.4) is 0 Å². The van der Waals surface area contributed by atoms with E-state index in [2.05, 4.69) is 10.3 Å². The van der Waals surface area contributed by atoms with Gasteiger partial charge in [0, 0.05) is 22.8 Å². The molecule has 0 aliphatic carbocycles. The number of nitrogens with one attached hydrogen (secondary N) is 1. The zero-order valence-corrected chi connectivity index (χ0v) is 17.0. The molecule has 6 nitrogen and oxygen atoms in total. The number of hydrogen-bond acceptors (Lipinski definition) is 5. The van der Waals surface area contributed by atoms with E-state index in [-0.39, 0.29) is 5.56 Å². The number of aromatic nitrogens is 2. The third-order valence-corrected chi connectivity index (χ3v) is 5.38. The second kappa shape index (κ2) is 7.52. The maximum absolute atomic E-state index is 13.1. The monoisotopic (exact) mass is 405 g/mol. The van der Waals surface area contributed by atoms with Crippen molar-refractivity contribution in [3.8, 4) is 17.0 Å². The van der Waals surface area contributed by atoms with Crippen LogP contribution in [0.4, 0.5) is 5.69 Å². The van der Waals surface area contributed by atoms with Crippen molar-refractivity contribution in [1.29, 1.82) is 0 Å². The molecule has 1 amide bonds. The van der Waals surface area contributed by atoms with Gasteiger partial charge in [0.2, 0.25) is 0 Å². The van der Waals surface area contributed by atoms with Gasteiger partial charge in [-0.25, -0.2) is 4.98 Å². The molecule has 2 heterocycles. The van der Waals surface area contributed by atoms with Gasteiger partial charge in [0.15, 0.2) is 4.96 Å². The molecular weight excluding hydrogens is 386 g/mol. The summed E-state index contributed by atoms with van der Waals surface area (Å²) in [6.07, 6.45) is 1.33. The number of nitrogens with zero attached hydrogens (tertiary/aromatic N) is 2. The molecule has 0 spiro atoms. The Hall–Kier alpha value is -3.45. The van der Waals surface area contributed by atoms with E-state index >= 15 is 0 Å². The zero-order chi connectivity index (χ0) is 20.5. The fourth-order valence-electron chi connectivity index (χ4n) is 3.28. The summed E-state index contributed by atoms with van der Waals surface area (Å²) in [6.45, 7) is 3.91. The molecule has 7 heteroatoms. The lowest BCUT2D eigenvalue weighted by atomic mass is 10.1. The predicted molar refractivity (Wildman–Crippen MR) is 115 cm³/mol. The van der Waals surface area contributed by atoms with E-state index in [0.717, 1.165) is 16.7 Å². The highest BCUT2D eigenvalue weighted by molar-refractivity contribution is 7.15. The van der Waals surface area contributed by atoms with Crippen LogP contribution in [-0.4, -0.2) is 22.4 Å². The molecule has 1 N–H and O–H groups in total. The molecule has 0 unspecified atom stereocenters. The van der Waals surface area contributed by atoms with Gasteiger partial charge in [-0.2, -0.15) is 0 Å². The largest absolute Gasteiger partial charge is 0.497 e. The van der Waals surface area contributed by atoms with Crippen LogP contribution in [-0.2, 0) is 0 Å². The molecule has 4 rings (SSSR count). The fourth-order valence-corrected chi connectivity index (χ4v) is 4.14.